The Kier molecular flexibility index (Phi) is 5.71. The largest absolute Gasteiger partial charge is 0.491 e. The Morgan fingerprint density at radius 1 is 1.36 bits per heavy atom. The van der Waals surface area contributed by atoms with E-state index in [0.29, 0.717) is 28.6 Å². The molecule has 7 heteroatoms. The average molecular weight is 395 g/mol. The smallest absolute Gasteiger partial charge is 0.259 e. The van der Waals surface area contributed by atoms with Crippen molar-refractivity contribution in [1.82, 2.24) is 9.97 Å². The summed E-state index contributed by atoms with van der Waals surface area (Å²) >= 11 is 9.33. The van der Waals surface area contributed by atoms with Gasteiger partial charge in [0.25, 0.3) is 5.56 Å². The summed E-state index contributed by atoms with van der Waals surface area (Å²) in [6, 6.07) is 7.43. The van der Waals surface area contributed by atoms with Gasteiger partial charge in [-0.15, -0.1) is 23.1 Å². The van der Waals surface area contributed by atoms with Crippen molar-refractivity contribution in [2.24, 2.45) is 0 Å². The fraction of sp³-hybridized carbons (Fsp3) is 0.333. The Balaban J connectivity index is 1.63. The lowest BCUT2D eigenvalue weighted by Gasteiger charge is -2.12. The van der Waals surface area contributed by atoms with E-state index in [1.54, 1.807) is 23.1 Å². The summed E-state index contributed by atoms with van der Waals surface area (Å²) in [5, 5.41) is 1.40. The number of fused-ring (bicyclic) bond motifs is 1. The first-order valence-corrected chi connectivity index (χ1v) is 10.2. The van der Waals surface area contributed by atoms with Gasteiger partial charge in [0.05, 0.1) is 22.3 Å². The molecule has 25 heavy (non-hydrogen) atoms. The number of nitrogens with zero attached hydrogens (tertiary/aromatic N) is 1. The molecule has 0 fully saturated rings. The fourth-order valence-electron chi connectivity index (χ4n) is 2.48. The number of para-hydroxylation sites is 1. The van der Waals surface area contributed by atoms with Crippen LogP contribution in [-0.4, -0.2) is 22.3 Å². The number of benzene rings is 1. The van der Waals surface area contributed by atoms with Crippen LogP contribution >= 0.6 is 34.7 Å². The highest BCUT2D eigenvalue weighted by molar-refractivity contribution is 7.99. The van der Waals surface area contributed by atoms with Crippen LogP contribution in [0.4, 0.5) is 0 Å². The van der Waals surface area contributed by atoms with Gasteiger partial charge in [-0.1, -0.05) is 23.7 Å². The first kappa shape index (κ1) is 18.3. The molecule has 0 amide bonds. The number of aromatic nitrogens is 2. The molecule has 1 aromatic carbocycles. The van der Waals surface area contributed by atoms with E-state index in [1.807, 2.05) is 45.0 Å². The van der Waals surface area contributed by atoms with Crippen LogP contribution in [0.2, 0.25) is 5.02 Å². The van der Waals surface area contributed by atoms with E-state index in [4.69, 9.17) is 16.3 Å². The summed E-state index contributed by atoms with van der Waals surface area (Å²) in [5.74, 6) is 2.17. The van der Waals surface area contributed by atoms with Crippen LogP contribution in [0.25, 0.3) is 10.2 Å². The summed E-state index contributed by atoms with van der Waals surface area (Å²) in [4.78, 5) is 21.9. The number of aryl methyl sites for hydroxylation is 2. The summed E-state index contributed by atoms with van der Waals surface area (Å²) in [5.41, 5.74) is 0.968. The maximum absolute atomic E-state index is 12.4. The van der Waals surface area contributed by atoms with Gasteiger partial charge in [0.2, 0.25) is 0 Å². The molecule has 0 saturated heterocycles. The minimum Gasteiger partial charge on any atom is -0.491 e. The van der Waals surface area contributed by atoms with Gasteiger partial charge in [-0.25, -0.2) is 4.98 Å². The minimum atomic E-state index is -0.0541. The summed E-state index contributed by atoms with van der Waals surface area (Å²) < 4.78 is 5.69. The third-order valence-electron chi connectivity index (χ3n) is 3.99. The SMILES string of the molecule is Cc1sc2nc(C(C)SCCOc3ccccc3Cl)[nH]c(=O)c2c1C. The van der Waals surface area contributed by atoms with E-state index in [2.05, 4.69) is 9.97 Å². The van der Waals surface area contributed by atoms with Crippen molar-refractivity contribution in [1.29, 1.82) is 0 Å². The highest BCUT2D eigenvalue weighted by Crippen LogP contribution is 2.30. The number of halogens is 1. The molecule has 2 heterocycles. The van der Waals surface area contributed by atoms with Gasteiger partial charge in [0.15, 0.2) is 0 Å². The van der Waals surface area contributed by atoms with Gasteiger partial charge in [0, 0.05) is 10.6 Å². The van der Waals surface area contributed by atoms with Crippen molar-refractivity contribution in [3.63, 3.8) is 0 Å². The molecule has 4 nitrogen and oxygen atoms in total. The molecule has 1 atom stereocenters. The Bertz CT molecular complexity index is 952. The Morgan fingerprint density at radius 2 is 2.12 bits per heavy atom. The third kappa shape index (κ3) is 4.02. The first-order chi connectivity index (χ1) is 12.0. The Labute approximate surface area is 159 Å². The maximum Gasteiger partial charge on any atom is 0.259 e. The van der Waals surface area contributed by atoms with Crippen LogP contribution in [0.15, 0.2) is 29.1 Å². The number of hydrogen-bond acceptors (Lipinski definition) is 5. The van der Waals surface area contributed by atoms with Crippen LogP contribution in [-0.2, 0) is 0 Å². The van der Waals surface area contributed by atoms with Gasteiger partial charge in [-0.3, -0.25) is 4.79 Å². The van der Waals surface area contributed by atoms with E-state index in [0.717, 1.165) is 21.0 Å². The van der Waals surface area contributed by atoms with Crippen LogP contribution in [0.5, 0.6) is 5.75 Å². The average Bonchev–Trinajstić information content (AvgIpc) is 2.87. The highest BCUT2D eigenvalue weighted by Gasteiger charge is 2.15. The molecule has 2 aromatic heterocycles. The second-order valence-electron chi connectivity index (χ2n) is 5.71. The number of ether oxygens (including phenoxy) is 1. The van der Waals surface area contributed by atoms with Crippen LogP contribution in [0.3, 0.4) is 0 Å². The van der Waals surface area contributed by atoms with Crippen LogP contribution in [0.1, 0.15) is 28.4 Å². The fourth-order valence-corrected chi connectivity index (χ4v) is 4.51. The molecule has 132 valence electrons. The molecule has 0 radical (unpaired) electrons. The topological polar surface area (TPSA) is 55.0 Å². The number of thiophene rings is 1. The summed E-state index contributed by atoms with van der Waals surface area (Å²) in [6.07, 6.45) is 0. The number of H-pyrrole nitrogens is 1. The van der Waals surface area contributed by atoms with E-state index in [-0.39, 0.29) is 10.8 Å². The lowest BCUT2D eigenvalue weighted by Crippen LogP contribution is -2.13. The molecule has 3 rings (SSSR count). The molecule has 1 N–H and O–H groups in total. The van der Waals surface area contributed by atoms with Crippen molar-refractivity contribution in [2.45, 2.75) is 26.0 Å². The molecule has 0 aliphatic rings. The molecule has 3 aromatic rings. The van der Waals surface area contributed by atoms with Gasteiger partial charge < -0.3 is 9.72 Å². The summed E-state index contributed by atoms with van der Waals surface area (Å²) in [6.45, 7) is 6.57. The molecule has 1 unspecified atom stereocenters. The predicted octanol–water partition coefficient (Wildman–Crippen LogP) is 5.13. The number of rotatable bonds is 6. The lowest BCUT2D eigenvalue weighted by molar-refractivity contribution is 0.344. The molecular weight excluding hydrogens is 376 g/mol. The van der Waals surface area contributed by atoms with E-state index >= 15 is 0 Å². The summed E-state index contributed by atoms with van der Waals surface area (Å²) in [7, 11) is 0. The van der Waals surface area contributed by atoms with E-state index in [9.17, 15) is 4.79 Å². The first-order valence-electron chi connectivity index (χ1n) is 7.96. The van der Waals surface area contributed by atoms with Gasteiger partial charge >= 0.3 is 0 Å². The maximum atomic E-state index is 12.4. The zero-order chi connectivity index (χ0) is 18.0. The van der Waals surface area contributed by atoms with E-state index < -0.39 is 0 Å². The highest BCUT2D eigenvalue weighted by atomic mass is 35.5. The van der Waals surface area contributed by atoms with Crippen LogP contribution in [0, 0.1) is 13.8 Å². The second-order valence-corrected chi connectivity index (χ2v) is 8.77. The number of thioether (sulfide) groups is 1. The van der Waals surface area contributed by atoms with Crippen molar-refractivity contribution in [2.75, 3.05) is 12.4 Å². The molecule has 0 aliphatic carbocycles. The Hall–Kier alpha value is -1.50. The van der Waals surface area contributed by atoms with Crippen LogP contribution < -0.4 is 10.3 Å². The number of aromatic amines is 1. The second kappa shape index (κ2) is 7.81. The van der Waals surface area contributed by atoms with Crippen molar-refractivity contribution in [3.05, 3.63) is 55.9 Å². The van der Waals surface area contributed by atoms with Gasteiger partial charge in [-0.2, -0.15) is 0 Å². The number of nitrogens with one attached hydrogen (secondary N) is 1. The molecule has 0 spiro atoms. The minimum absolute atomic E-state index is 0.0541. The van der Waals surface area contributed by atoms with Crippen molar-refractivity contribution in [3.8, 4) is 5.75 Å². The van der Waals surface area contributed by atoms with Gasteiger partial charge in [0.1, 0.15) is 16.4 Å². The molecule has 0 bridgehead atoms. The standard InChI is InChI=1S/C18H19ClN2O2S2/c1-10-11(2)25-18-15(10)17(22)20-16(21-18)12(3)24-9-8-23-14-7-5-4-6-13(14)19/h4-7,12H,8-9H2,1-3H3,(H,20,21,22). The molecule has 0 aliphatic heterocycles. The zero-order valence-electron chi connectivity index (χ0n) is 14.3. The lowest BCUT2D eigenvalue weighted by atomic mass is 10.2. The normalized spacial score (nSPS) is 12.5. The molecule has 0 saturated carbocycles. The predicted molar refractivity (Wildman–Crippen MR) is 108 cm³/mol. The van der Waals surface area contributed by atoms with Crippen molar-refractivity contribution >= 4 is 44.9 Å². The van der Waals surface area contributed by atoms with Crippen molar-refractivity contribution < 1.29 is 4.74 Å². The monoisotopic (exact) mass is 394 g/mol. The quantitative estimate of drug-likeness (QED) is 0.589. The zero-order valence-corrected chi connectivity index (χ0v) is 16.6. The number of hydrogen-bond donors (Lipinski definition) is 1. The third-order valence-corrected chi connectivity index (χ3v) is 6.53. The molecular formula is C18H19ClN2O2S2. The Morgan fingerprint density at radius 3 is 2.88 bits per heavy atom. The van der Waals surface area contributed by atoms with Gasteiger partial charge in [-0.05, 0) is 38.5 Å². The van der Waals surface area contributed by atoms with E-state index in [1.165, 1.54) is 0 Å².